The highest BCUT2D eigenvalue weighted by molar-refractivity contribution is 5.92. The first kappa shape index (κ1) is 17.8. The Morgan fingerprint density at radius 1 is 1.37 bits per heavy atom. The fraction of sp³-hybridized carbons (Fsp3) is 0.476. The predicted octanol–water partition coefficient (Wildman–Crippen LogP) is 3.58. The van der Waals surface area contributed by atoms with Crippen molar-refractivity contribution in [1.82, 2.24) is 24.6 Å². The highest BCUT2D eigenvalue weighted by Gasteiger charge is 2.29. The van der Waals surface area contributed by atoms with E-state index in [1.165, 1.54) is 5.56 Å². The van der Waals surface area contributed by atoms with E-state index in [4.69, 9.17) is 4.98 Å². The second-order valence-corrected chi connectivity index (χ2v) is 7.58. The van der Waals surface area contributed by atoms with E-state index in [2.05, 4.69) is 36.1 Å². The monoisotopic (exact) mass is 365 g/mol. The van der Waals surface area contributed by atoms with Crippen LogP contribution in [0.3, 0.4) is 0 Å². The van der Waals surface area contributed by atoms with Crippen LogP contribution < -0.4 is 0 Å². The first-order valence-electron chi connectivity index (χ1n) is 9.84. The SMILES string of the molecule is CCCc1cc(C(=O)N2CCC[C@@H](c3nc4c(C)cccc4[nH]3)C2)n(C)n1. The molecule has 27 heavy (non-hydrogen) atoms. The lowest BCUT2D eigenvalue weighted by molar-refractivity contribution is 0.0693. The van der Waals surface area contributed by atoms with Crippen LogP contribution in [0.5, 0.6) is 0 Å². The Morgan fingerprint density at radius 3 is 3.00 bits per heavy atom. The topological polar surface area (TPSA) is 66.8 Å². The summed E-state index contributed by atoms with van der Waals surface area (Å²) in [4.78, 5) is 23.3. The number of carbonyl (C=O) groups excluding carboxylic acids is 1. The Balaban J connectivity index is 1.55. The standard InChI is InChI=1S/C21H27N5O/c1-4-7-16-12-18(25(3)24-16)21(27)26-11-6-9-15(13-26)20-22-17-10-5-8-14(2)19(17)23-20/h5,8,10,12,15H,4,6-7,9,11,13H2,1-3H3,(H,22,23)/t15-/m1/s1. The average Bonchev–Trinajstić information content (AvgIpc) is 3.26. The van der Waals surface area contributed by atoms with Gasteiger partial charge in [0.25, 0.3) is 5.91 Å². The van der Waals surface area contributed by atoms with Gasteiger partial charge in [-0.15, -0.1) is 0 Å². The van der Waals surface area contributed by atoms with Gasteiger partial charge in [0.1, 0.15) is 11.5 Å². The fourth-order valence-electron chi connectivity index (χ4n) is 4.04. The van der Waals surface area contributed by atoms with Gasteiger partial charge in [-0.3, -0.25) is 9.48 Å². The number of aryl methyl sites for hydroxylation is 3. The molecule has 142 valence electrons. The molecule has 0 spiro atoms. The molecule has 1 fully saturated rings. The summed E-state index contributed by atoms with van der Waals surface area (Å²) in [5.41, 5.74) is 4.96. The molecule has 0 saturated carbocycles. The van der Waals surface area contributed by atoms with Crippen molar-refractivity contribution in [3.05, 3.63) is 47.0 Å². The highest BCUT2D eigenvalue weighted by atomic mass is 16.2. The number of likely N-dealkylation sites (tertiary alicyclic amines) is 1. The lowest BCUT2D eigenvalue weighted by Gasteiger charge is -2.31. The molecule has 1 atom stereocenters. The molecule has 4 rings (SSSR count). The number of para-hydroxylation sites is 1. The zero-order valence-electron chi connectivity index (χ0n) is 16.3. The van der Waals surface area contributed by atoms with Gasteiger partial charge in [0.05, 0.1) is 16.7 Å². The smallest absolute Gasteiger partial charge is 0.272 e. The van der Waals surface area contributed by atoms with E-state index in [-0.39, 0.29) is 11.8 Å². The molecule has 0 bridgehead atoms. The van der Waals surface area contributed by atoms with E-state index < -0.39 is 0 Å². The maximum atomic E-state index is 13.1. The number of hydrogen-bond acceptors (Lipinski definition) is 3. The Morgan fingerprint density at radius 2 is 2.22 bits per heavy atom. The summed E-state index contributed by atoms with van der Waals surface area (Å²) >= 11 is 0. The van der Waals surface area contributed by atoms with Crippen molar-refractivity contribution < 1.29 is 4.79 Å². The van der Waals surface area contributed by atoms with Crippen LogP contribution in [0.2, 0.25) is 0 Å². The van der Waals surface area contributed by atoms with Crippen LogP contribution in [0.25, 0.3) is 11.0 Å². The van der Waals surface area contributed by atoms with Crippen molar-refractivity contribution in [3.63, 3.8) is 0 Å². The molecule has 6 heteroatoms. The third kappa shape index (κ3) is 3.36. The Kier molecular flexibility index (Phi) is 4.72. The number of imidazole rings is 1. The van der Waals surface area contributed by atoms with Crippen molar-refractivity contribution >= 4 is 16.9 Å². The number of aromatic nitrogens is 4. The van der Waals surface area contributed by atoms with Gasteiger partial charge in [0.15, 0.2) is 0 Å². The number of aromatic amines is 1. The molecule has 1 aromatic carbocycles. The van der Waals surface area contributed by atoms with Crippen LogP contribution in [-0.2, 0) is 13.5 Å². The number of benzene rings is 1. The minimum atomic E-state index is 0.0735. The summed E-state index contributed by atoms with van der Waals surface area (Å²) in [6.45, 7) is 5.70. The van der Waals surface area contributed by atoms with Crippen LogP contribution in [0.4, 0.5) is 0 Å². The Bertz CT molecular complexity index is 970. The largest absolute Gasteiger partial charge is 0.342 e. The third-order valence-electron chi connectivity index (χ3n) is 5.48. The van der Waals surface area contributed by atoms with Crippen molar-refractivity contribution in [1.29, 1.82) is 0 Å². The summed E-state index contributed by atoms with van der Waals surface area (Å²) in [6.07, 6.45) is 3.98. The highest BCUT2D eigenvalue weighted by Crippen LogP contribution is 2.28. The molecular weight excluding hydrogens is 338 g/mol. The van der Waals surface area contributed by atoms with E-state index in [0.717, 1.165) is 54.8 Å². The number of piperidine rings is 1. The van der Waals surface area contributed by atoms with Crippen LogP contribution in [-0.4, -0.2) is 43.6 Å². The summed E-state index contributed by atoms with van der Waals surface area (Å²) < 4.78 is 1.72. The normalized spacial score (nSPS) is 17.6. The van der Waals surface area contributed by atoms with Crippen LogP contribution in [0.1, 0.15) is 59.7 Å². The number of hydrogen-bond donors (Lipinski definition) is 1. The summed E-state index contributed by atoms with van der Waals surface area (Å²) in [5, 5.41) is 4.48. The van der Waals surface area contributed by atoms with Crippen LogP contribution >= 0.6 is 0 Å². The summed E-state index contributed by atoms with van der Waals surface area (Å²) in [5.74, 6) is 1.32. The average molecular weight is 365 g/mol. The van der Waals surface area contributed by atoms with Crippen LogP contribution in [0.15, 0.2) is 24.3 Å². The summed E-state index contributed by atoms with van der Waals surface area (Å²) in [6, 6.07) is 8.14. The van der Waals surface area contributed by atoms with Crippen molar-refractivity contribution in [2.45, 2.75) is 45.4 Å². The second-order valence-electron chi connectivity index (χ2n) is 7.58. The molecule has 1 aliphatic rings. The number of amides is 1. The van der Waals surface area contributed by atoms with Crippen molar-refractivity contribution in [2.75, 3.05) is 13.1 Å². The molecule has 3 heterocycles. The van der Waals surface area contributed by atoms with Crippen molar-refractivity contribution in [3.8, 4) is 0 Å². The first-order valence-corrected chi connectivity index (χ1v) is 9.84. The van der Waals surface area contributed by atoms with E-state index in [1.54, 1.807) is 4.68 Å². The van der Waals surface area contributed by atoms with Gasteiger partial charge < -0.3 is 9.88 Å². The van der Waals surface area contributed by atoms with Crippen molar-refractivity contribution in [2.24, 2.45) is 7.05 Å². The first-order chi connectivity index (χ1) is 13.1. The number of nitrogens with zero attached hydrogens (tertiary/aromatic N) is 4. The minimum absolute atomic E-state index is 0.0735. The van der Waals surface area contributed by atoms with Gasteiger partial charge in [-0.25, -0.2) is 4.98 Å². The molecule has 1 N–H and O–H groups in total. The molecular formula is C21H27N5O. The van der Waals surface area contributed by atoms with Gasteiger partial charge in [-0.1, -0.05) is 25.5 Å². The molecule has 0 unspecified atom stereocenters. The molecule has 1 saturated heterocycles. The second kappa shape index (κ2) is 7.18. The van der Waals surface area contributed by atoms with Gasteiger partial charge in [-0.2, -0.15) is 5.10 Å². The zero-order chi connectivity index (χ0) is 19.0. The number of carbonyl (C=O) groups is 1. The minimum Gasteiger partial charge on any atom is -0.342 e. The van der Waals surface area contributed by atoms with E-state index in [0.29, 0.717) is 12.2 Å². The maximum Gasteiger partial charge on any atom is 0.272 e. The number of rotatable bonds is 4. The number of H-pyrrole nitrogens is 1. The van der Waals surface area contributed by atoms with E-state index >= 15 is 0 Å². The summed E-state index contributed by atoms with van der Waals surface area (Å²) in [7, 11) is 1.86. The lowest BCUT2D eigenvalue weighted by atomic mass is 9.97. The molecule has 3 aromatic rings. The van der Waals surface area contributed by atoms with Crippen LogP contribution in [0, 0.1) is 6.92 Å². The Hall–Kier alpha value is -2.63. The van der Waals surface area contributed by atoms with Gasteiger partial charge >= 0.3 is 0 Å². The number of fused-ring (bicyclic) bond motifs is 1. The molecule has 1 amide bonds. The molecule has 2 aromatic heterocycles. The Labute approximate surface area is 159 Å². The van der Waals surface area contributed by atoms with Gasteiger partial charge in [0, 0.05) is 26.1 Å². The molecule has 1 aliphatic heterocycles. The lowest BCUT2D eigenvalue weighted by Crippen LogP contribution is -2.40. The molecule has 0 aliphatic carbocycles. The quantitative estimate of drug-likeness (QED) is 0.768. The zero-order valence-corrected chi connectivity index (χ0v) is 16.3. The maximum absolute atomic E-state index is 13.1. The predicted molar refractivity (Wildman–Crippen MR) is 106 cm³/mol. The third-order valence-corrected chi connectivity index (χ3v) is 5.48. The van der Waals surface area contributed by atoms with E-state index in [1.807, 2.05) is 24.1 Å². The van der Waals surface area contributed by atoms with Gasteiger partial charge in [-0.05, 0) is 43.9 Å². The molecule has 6 nitrogen and oxygen atoms in total. The fourth-order valence-corrected chi connectivity index (χ4v) is 4.04. The van der Waals surface area contributed by atoms with Gasteiger partial charge in [0.2, 0.25) is 0 Å². The van der Waals surface area contributed by atoms with E-state index in [9.17, 15) is 4.79 Å². The number of nitrogens with one attached hydrogen (secondary N) is 1. The molecule has 0 radical (unpaired) electrons.